The minimum atomic E-state index is -3.17. The van der Waals surface area contributed by atoms with Crippen molar-refractivity contribution in [3.63, 3.8) is 0 Å². The van der Waals surface area contributed by atoms with Gasteiger partial charge in [-0.2, -0.15) is 0 Å². The maximum Gasteiger partial charge on any atom is 0.402 e. The first-order valence-electron chi connectivity index (χ1n) is 2.21. The molecule has 8 heavy (non-hydrogen) atoms. The zero-order valence-electron chi connectivity index (χ0n) is 4.96. The van der Waals surface area contributed by atoms with E-state index in [4.69, 9.17) is 5.50 Å². The van der Waals surface area contributed by atoms with Crippen molar-refractivity contribution < 1.29 is 13.6 Å². The lowest BCUT2D eigenvalue weighted by molar-refractivity contribution is 0.245. The van der Waals surface area contributed by atoms with Crippen molar-refractivity contribution in [2.24, 2.45) is 5.50 Å². The van der Waals surface area contributed by atoms with E-state index < -0.39 is 7.75 Å². The molecular weight excluding hydrogens is 129 g/mol. The maximum absolute atomic E-state index is 10.5. The number of rotatable bonds is 3. The van der Waals surface area contributed by atoms with E-state index >= 15 is 0 Å². The molecule has 0 aliphatic heterocycles. The van der Waals surface area contributed by atoms with E-state index in [1.165, 1.54) is 7.11 Å². The van der Waals surface area contributed by atoms with Crippen LogP contribution in [0.5, 0.6) is 0 Å². The van der Waals surface area contributed by atoms with E-state index in [1.54, 1.807) is 6.92 Å². The van der Waals surface area contributed by atoms with Gasteiger partial charge in [-0.15, -0.1) is 0 Å². The monoisotopic (exact) mass is 139 g/mol. The van der Waals surface area contributed by atoms with Gasteiger partial charge in [-0.05, 0) is 6.92 Å². The Morgan fingerprint density at radius 3 is 2.38 bits per heavy atom. The molecule has 1 atom stereocenters. The third kappa shape index (κ3) is 3.16. The first-order valence-corrected chi connectivity index (χ1v) is 3.82. The van der Waals surface area contributed by atoms with Crippen LogP contribution in [-0.2, 0) is 13.6 Å². The van der Waals surface area contributed by atoms with E-state index in [2.05, 4.69) is 9.05 Å². The average Bonchev–Trinajstić information content (AvgIpc) is 1.67. The molecule has 0 aliphatic rings. The van der Waals surface area contributed by atoms with Crippen LogP contribution in [-0.4, -0.2) is 13.7 Å². The fourth-order valence-corrected chi connectivity index (χ4v) is 0.698. The van der Waals surface area contributed by atoms with Crippen LogP contribution in [0.25, 0.3) is 0 Å². The Hall–Kier alpha value is 0.110. The van der Waals surface area contributed by atoms with Crippen LogP contribution in [0.1, 0.15) is 6.92 Å². The largest absolute Gasteiger partial charge is 0.402 e. The molecule has 4 nitrogen and oxygen atoms in total. The van der Waals surface area contributed by atoms with Crippen LogP contribution in [0.4, 0.5) is 0 Å². The minimum absolute atomic E-state index is 0.307. The molecule has 0 fully saturated rings. The molecule has 0 aromatic rings. The van der Waals surface area contributed by atoms with Crippen molar-refractivity contribution in [3.8, 4) is 0 Å². The van der Waals surface area contributed by atoms with Gasteiger partial charge < -0.3 is 4.52 Å². The summed E-state index contributed by atoms with van der Waals surface area (Å²) >= 11 is 0. The van der Waals surface area contributed by atoms with Gasteiger partial charge in [0.15, 0.2) is 0 Å². The molecule has 5 heteroatoms. The van der Waals surface area contributed by atoms with Crippen LogP contribution in [0.3, 0.4) is 0 Å². The van der Waals surface area contributed by atoms with Gasteiger partial charge in [0.05, 0.1) is 6.61 Å². The first kappa shape index (κ1) is 8.11. The van der Waals surface area contributed by atoms with Crippen LogP contribution < -0.4 is 5.50 Å². The topological polar surface area (TPSA) is 61.5 Å². The highest BCUT2D eigenvalue weighted by atomic mass is 31.2. The second-order valence-electron chi connectivity index (χ2n) is 1.14. The summed E-state index contributed by atoms with van der Waals surface area (Å²) in [6.07, 6.45) is 0. The summed E-state index contributed by atoms with van der Waals surface area (Å²) in [5.41, 5.74) is 4.94. The predicted octanol–water partition coefficient (Wildman–Crippen LogP) is 0.736. The summed E-state index contributed by atoms with van der Waals surface area (Å²) in [5, 5.41) is 0. The fourth-order valence-electron chi connectivity index (χ4n) is 0.233. The molecule has 2 N–H and O–H groups in total. The van der Waals surface area contributed by atoms with Gasteiger partial charge in [-0.3, -0.25) is 4.52 Å². The lowest BCUT2D eigenvalue weighted by Gasteiger charge is -2.06. The lowest BCUT2D eigenvalue weighted by atomic mass is 10.9. The first-order chi connectivity index (χ1) is 3.62. The summed E-state index contributed by atoms with van der Waals surface area (Å²) in [6, 6.07) is 0. The Labute approximate surface area is 48.6 Å². The molecule has 50 valence electrons. The van der Waals surface area contributed by atoms with Crippen LogP contribution >= 0.6 is 7.75 Å². The molecule has 0 bridgehead atoms. The molecule has 0 spiro atoms. The van der Waals surface area contributed by atoms with E-state index in [0.29, 0.717) is 6.61 Å². The van der Waals surface area contributed by atoms with Crippen molar-refractivity contribution in [1.29, 1.82) is 0 Å². The molecule has 0 rings (SSSR count). The van der Waals surface area contributed by atoms with Crippen molar-refractivity contribution in [1.82, 2.24) is 0 Å². The molecule has 0 heterocycles. The van der Waals surface area contributed by atoms with E-state index in [-0.39, 0.29) is 0 Å². The molecule has 0 aromatic carbocycles. The second-order valence-corrected chi connectivity index (χ2v) is 2.84. The summed E-state index contributed by atoms with van der Waals surface area (Å²) in [6.45, 7) is 2.00. The number of hydrogen-bond donors (Lipinski definition) is 1. The molecule has 0 aromatic heterocycles. The molecule has 0 saturated heterocycles. The van der Waals surface area contributed by atoms with Crippen LogP contribution in [0, 0.1) is 0 Å². The summed E-state index contributed by atoms with van der Waals surface area (Å²) in [5.74, 6) is 0. The van der Waals surface area contributed by atoms with Gasteiger partial charge >= 0.3 is 7.75 Å². The molecule has 0 saturated carbocycles. The van der Waals surface area contributed by atoms with Gasteiger partial charge in [0, 0.05) is 7.11 Å². The molecule has 1 unspecified atom stereocenters. The van der Waals surface area contributed by atoms with Crippen molar-refractivity contribution in [3.05, 3.63) is 0 Å². The molecule has 0 amide bonds. The molecular formula is C3H10NO3P. The van der Waals surface area contributed by atoms with Crippen molar-refractivity contribution in [2.45, 2.75) is 6.92 Å². The van der Waals surface area contributed by atoms with E-state index in [0.717, 1.165) is 0 Å². The summed E-state index contributed by atoms with van der Waals surface area (Å²) < 4.78 is 19.3. The zero-order chi connectivity index (χ0) is 6.62. The SMILES string of the molecule is CCOP(N)(=O)OC. The Bertz CT molecular complexity index is 105. The zero-order valence-corrected chi connectivity index (χ0v) is 5.85. The normalized spacial score (nSPS) is 17.9. The molecule has 0 radical (unpaired) electrons. The maximum atomic E-state index is 10.5. The third-order valence-electron chi connectivity index (χ3n) is 0.564. The minimum Gasteiger partial charge on any atom is -0.300 e. The standard InChI is InChI=1S/C3H10NO3P/c1-3-7-8(4,5)6-2/h3H2,1-2H3,(H2,4,5). The Morgan fingerprint density at radius 1 is 1.75 bits per heavy atom. The van der Waals surface area contributed by atoms with Crippen molar-refractivity contribution >= 4 is 7.75 Å². The van der Waals surface area contributed by atoms with E-state index in [9.17, 15) is 4.57 Å². The van der Waals surface area contributed by atoms with Crippen LogP contribution in [0.2, 0.25) is 0 Å². The lowest BCUT2D eigenvalue weighted by Crippen LogP contribution is -2.00. The predicted molar refractivity (Wildman–Crippen MR) is 30.4 cm³/mol. The van der Waals surface area contributed by atoms with Gasteiger partial charge in [0.2, 0.25) is 0 Å². The van der Waals surface area contributed by atoms with Gasteiger partial charge in [-0.25, -0.2) is 10.1 Å². The third-order valence-corrected chi connectivity index (χ3v) is 1.69. The summed E-state index contributed by atoms with van der Waals surface area (Å²) in [4.78, 5) is 0. The van der Waals surface area contributed by atoms with E-state index in [1.807, 2.05) is 0 Å². The highest BCUT2D eigenvalue weighted by molar-refractivity contribution is 7.51. The average molecular weight is 139 g/mol. The highest BCUT2D eigenvalue weighted by Gasteiger charge is 2.12. The van der Waals surface area contributed by atoms with Crippen molar-refractivity contribution in [2.75, 3.05) is 13.7 Å². The molecule has 0 aliphatic carbocycles. The highest BCUT2D eigenvalue weighted by Crippen LogP contribution is 2.36. The second kappa shape index (κ2) is 3.20. The summed E-state index contributed by atoms with van der Waals surface area (Å²) in [7, 11) is -1.93. The Balaban J connectivity index is 3.55. The Morgan fingerprint density at radius 2 is 2.25 bits per heavy atom. The smallest absolute Gasteiger partial charge is 0.300 e. The quantitative estimate of drug-likeness (QED) is 0.585. The van der Waals surface area contributed by atoms with Gasteiger partial charge in [0.25, 0.3) is 0 Å². The Kier molecular flexibility index (Phi) is 3.24. The number of nitrogens with two attached hydrogens (primary N) is 1. The van der Waals surface area contributed by atoms with Gasteiger partial charge in [0.1, 0.15) is 0 Å². The van der Waals surface area contributed by atoms with Crippen LogP contribution in [0.15, 0.2) is 0 Å². The van der Waals surface area contributed by atoms with Gasteiger partial charge in [-0.1, -0.05) is 0 Å². The fraction of sp³-hybridized carbons (Fsp3) is 1.00. The number of hydrogen-bond acceptors (Lipinski definition) is 3.